The summed E-state index contributed by atoms with van der Waals surface area (Å²) in [7, 11) is 0. The molecule has 0 bridgehead atoms. The summed E-state index contributed by atoms with van der Waals surface area (Å²) in [5.74, 6) is 0.495. The lowest BCUT2D eigenvalue weighted by atomic mass is 10.1. The van der Waals surface area contributed by atoms with Gasteiger partial charge in [-0.25, -0.2) is 5.43 Å². The number of rotatable bonds is 7. The SMILES string of the molecule is C/C(=N/NC(=O)CSc1nnc(-c2ccc(Cl)cc2)n1-c1ccc(Cl)cc1)c1ccc(Br)cc1. The van der Waals surface area contributed by atoms with Crippen LogP contribution in [-0.4, -0.2) is 32.1 Å². The summed E-state index contributed by atoms with van der Waals surface area (Å²) in [5, 5.41) is 14.7. The molecule has 0 spiro atoms. The van der Waals surface area contributed by atoms with E-state index in [1.165, 1.54) is 11.8 Å². The zero-order valence-corrected chi connectivity index (χ0v) is 21.8. The van der Waals surface area contributed by atoms with Gasteiger partial charge >= 0.3 is 0 Å². The summed E-state index contributed by atoms with van der Waals surface area (Å²) in [6, 6.07) is 22.4. The molecule has 1 heterocycles. The Bertz CT molecular complexity index is 1320. The third-order valence-electron chi connectivity index (χ3n) is 4.76. The number of hydrogen-bond acceptors (Lipinski definition) is 5. The van der Waals surface area contributed by atoms with E-state index in [1.54, 1.807) is 24.3 Å². The summed E-state index contributed by atoms with van der Waals surface area (Å²) in [6.45, 7) is 1.84. The molecule has 0 unspecified atom stereocenters. The van der Waals surface area contributed by atoms with E-state index in [9.17, 15) is 4.79 Å². The summed E-state index contributed by atoms with van der Waals surface area (Å²) >= 11 is 16.8. The predicted octanol–water partition coefficient (Wildman–Crippen LogP) is 6.64. The molecule has 1 aromatic heterocycles. The van der Waals surface area contributed by atoms with E-state index in [2.05, 4.69) is 36.7 Å². The zero-order chi connectivity index (χ0) is 24.1. The molecule has 3 aromatic carbocycles. The molecule has 4 rings (SSSR count). The topological polar surface area (TPSA) is 72.2 Å². The minimum Gasteiger partial charge on any atom is -0.272 e. The Hall–Kier alpha value is -2.65. The molecule has 0 aliphatic rings. The number of amides is 1. The third kappa shape index (κ3) is 6.07. The molecule has 6 nitrogen and oxygen atoms in total. The highest BCUT2D eigenvalue weighted by atomic mass is 79.9. The van der Waals surface area contributed by atoms with Crippen LogP contribution >= 0.6 is 50.9 Å². The van der Waals surface area contributed by atoms with Crippen LogP contribution in [0.2, 0.25) is 10.0 Å². The first kappa shape index (κ1) is 24.5. The van der Waals surface area contributed by atoms with Crippen molar-refractivity contribution in [1.82, 2.24) is 20.2 Å². The molecule has 0 radical (unpaired) electrons. The van der Waals surface area contributed by atoms with Gasteiger partial charge in [0.2, 0.25) is 0 Å². The molecule has 0 fully saturated rings. The van der Waals surface area contributed by atoms with E-state index in [0.29, 0.717) is 26.7 Å². The van der Waals surface area contributed by atoms with Crippen LogP contribution in [0.15, 0.2) is 87.5 Å². The fourth-order valence-corrected chi connectivity index (χ4v) is 4.30. The van der Waals surface area contributed by atoms with Gasteiger partial charge in [-0.3, -0.25) is 9.36 Å². The first-order valence-electron chi connectivity index (χ1n) is 10.1. The summed E-state index contributed by atoms with van der Waals surface area (Å²) in [5.41, 5.74) is 5.91. The van der Waals surface area contributed by atoms with Gasteiger partial charge < -0.3 is 0 Å². The van der Waals surface area contributed by atoms with Crippen molar-refractivity contribution >= 4 is 62.5 Å². The number of carbonyl (C=O) groups is 1. The van der Waals surface area contributed by atoms with Crippen LogP contribution in [-0.2, 0) is 4.79 Å². The first-order chi connectivity index (χ1) is 16.4. The highest BCUT2D eigenvalue weighted by Gasteiger charge is 2.17. The van der Waals surface area contributed by atoms with Crippen molar-refractivity contribution in [3.05, 3.63) is 92.9 Å². The second-order valence-corrected chi connectivity index (χ2v) is 9.88. The molecule has 0 saturated carbocycles. The maximum absolute atomic E-state index is 12.5. The number of nitrogens with one attached hydrogen (secondary N) is 1. The Kier molecular flexibility index (Phi) is 8.05. The smallest absolute Gasteiger partial charge is 0.250 e. The Balaban J connectivity index is 1.52. The molecule has 172 valence electrons. The lowest BCUT2D eigenvalue weighted by molar-refractivity contribution is -0.118. The van der Waals surface area contributed by atoms with Gasteiger partial charge in [-0.05, 0) is 73.2 Å². The van der Waals surface area contributed by atoms with E-state index in [1.807, 2.05) is 60.0 Å². The van der Waals surface area contributed by atoms with Gasteiger partial charge in [0.15, 0.2) is 11.0 Å². The van der Waals surface area contributed by atoms with Crippen LogP contribution in [0, 0.1) is 0 Å². The van der Waals surface area contributed by atoms with Crippen molar-refractivity contribution < 1.29 is 4.79 Å². The van der Waals surface area contributed by atoms with Gasteiger partial charge in [0.25, 0.3) is 5.91 Å². The van der Waals surface area contributed by atoms with Crippen LogP contribution in [0.3, 0.4) is 0 Å². The van der Waals surface area contributed by atoms with Crippen molar-refractivity contribution in [3.63, 3.8) is 0 Å². The number of benzene rings is 3. The Morgan fingerprint density at radius 1 is 0.971 bits per heavy atom. The highest BCUT2D eigenvalue weighted by molar-refractivity contribution is 9.10. The maximum atomic E-state index is 12.5. The normalized spacial score (nSPS) is 11.5. The fraction of sp³-hybridized carbons (Fsp3) is 0.0833. The van der Waals surface area contributed by atoms with Crippen molar-refractivity contribution in [2.45, 2.75) is 12.1 Å². The highest BCUT2D eigenvalue weighted by Crippen LogP contribution is 2.29. The van der Waals surface area contributed by atoms with Gasteiger partial charge in [-0.1, -0.05) is 63.0 Å². The molecule has 0 atom stereocenters. The van der Waals surface area contributed by atoms with Crippen molar-refractivity contribution in [2.75, 3.05) is 5.75 Å². The van der Waals surface area contributed by atoms with Gasteiger partial charge in [-0.15, -0.1) is 10.2 Å². The van der Waals surface area contributed by atoms with Crippen LogP contribution in [0.25, 0.3) is 17.1 Å². The predicted molar refractivity (Wildman–Crippen MR) is 142 cm³/mol. The average molecular weight is 575 g/mol. The molecular formula is C24H18BrCl2N5OS. The number of carbonyl (C=O) groups excluding carboxylic acids is 1. The molecule has 1 amide bonds. The van der Waals surface area contributed by atoms with Crippen molar-refractivity contribution in [2.24, 2.45) is 5.10 Å². The first-order valence-corrected chi connectivity index (χ1v) is 12.6. The summed E-state index contributed by atoms with van der Waals surface area (Å²) in [4.78, 5) is 12.5. The van der Waals surface area contributed by atoms with Crippen molar-refractivity contribution in [3.8, 4) is 17.1 Å². The molecule has 4 aromatic rings. The standard InChI is InChI=1S/C24H18BrCl2N5OS/c1-15(16-2-6-18(25)7-3-16)28-29-22(33)14-34-24-31-30-23(17-4-8-19(26)9-5-17)32(24)21-12-10-20(27)11-13-21/h2-13H,14H2,1H3,(H,29,33)/b28-15-. The largest absolute Gasteiger partial charge is 0.272 e. The monoisotopic (exact) mass is 573 g/mol. The molecular weight excluding hydrogens is 557 g/mol. The Morgan fingerprint density at radius 3 is 2.24 bits per heavy atom. The van der Waals surface area contributed by atoms with Gasteiger partial charge in [-0.2, -0.15) is 5.10 Å². The number of hydrogen-bond donors (Lipinski definition) is 1. The second kappa shape index (κ2) is 11.2. The van der Waals surface area contributed by atoms with Gasteiger partial charge in [0, 0.05) is 25.8 Å². The lowest BCUT2D eigenvalue weighted by Crippen LogP contribution is -2.21. The van der Waals surface area contributed by atoms with Crippen molar-refractivity contribution in [1.29, 1.82) is 0 Å². The van der Waals surface area contributed by atoms with Crippen LogP contribution in [0.4, 0.5) is 0 Å². The van der Waals surface area contributed by atoms with Crippen LogP contribution in [0.1, 0.15) is 12.5 Å². The second-order valence-electron chi connectivity index (χ2n) is 7.15. The molecule has 0 saturated heterocycles. The minimum absolute atomic E-state index is 0.115. The molecule has 0 aliphatic heterocycles. The average Bonchev–Trinajstić information content (AvgIpc) is 3.26. The summed E-state index contributed by atoms with van der Waals surface area (Å²) < 4.78 is 2.86. The van der Waals surface area contributed by atoms with E-state index in [0.717, 1.165) is 21.3 Å². The Labute approximate surface area is 219 Å². The quantitative estimate of drug-likeness (QED) is 0.153. The third-order valence-corrected chi connectivity index (χ3v) is 6.72. The van der Waals surface area contributed by atoms with E-state index in [-0.39, 0.29) is 11.7 Å². The fourth-order valence-electron chi connectivity index (χ4n) is 3.04. The minimum atomic E-state index is -0.250. The molecule has 1 N–H and O–H groups in total. The number of thioether (sulfide) groups is 1. The van der Waals surface area contributed by atoms with Crippen LogP contribution < -0.4 is 5.43 Å². The number of nitrogens with zero attached hydrogens (tertiary/aromatic N) is 4. The van der Waals surface area contributed by atoms with E-state index < -0.39 is 0 Å². The number of aromatic nitrogens is 3. The maximum Gasteiger partial charge on any atom is 0.250 e. The van der Waals surface area contributed by atoms with Gasteiger partial charge in [0.1, 0.15) is 0 Å². The van der Waals surface area contributed by atoms with E-state index in [4.69, 9.17) is 23.2 Å². The molecule has 10 heteroatoms. The summed E-state index contributed by atoms with van der Waals surface area (Å²) in [6.07, 6.45) is 0. The van der Waals surface area contributed by atoms with E-state index >= 15 is 0 Å². The zero-order valence-electron chi connectivity index (χ0n) is 17.9. The number of halogens is 3. The lowest BCUT2D eigenvalue weighted by Gasteiger charge is -2.10. The van der Waals surface area contributed by atoms with Crippen LogP contribution in [0.5, 0.6) is 0 Å². The molecule has 34 heavy (non-hydrogen) atoms. The molecule has 0 aliphatic carbocycles. The van der Waals surface area contributed by atoms with Gasteiger partial charge in [0.05, 0.1) is 11.5 Å². The Morgan fingerprint density at radius 2 is 1.59 bits per heavy atom. The number of hydrazone groups is 1.